The predicted octanol–water partition coefficient (Wildman–Crippen LogP) is 5.48. The smallest absolute Gasteiger partial charge is 0.129 e. The first-order chi connectivity index (χ1) is 15.7. The average Bonchev–Trinajstić information content (AvgIpc) is 2.85. The minimum absolute atomic E-state index is 0.502. The number of fused-ring (bicyclic) bond motifs is 1. The molecule has 0 saturated carbocycles. The van der Waals surface area contributed by atoms with Crippen LogP contribution in [0, 0.1) is 5.92 Å². The molecule has 5 heteroatoms. The third-order valence-electron chi connectivity index (χ3n) is 7.25. The zero-order valence-corrected chi connectivity index (χ0v) is 19.7. The molecule has 2 aromatic carbocycles. The Balaban J connectivity index is 1.16. The number of para-hydroxylation sites is 1. The van der Waals surface area contributed by atoms with Crippen molar-refractivity contribution in [1.82, 2.24) is 14.8 Å². The lowest BCUT2D eigenvalue weighted by Gasteiger charge is -2.41. The number of pyridine rings is 1. The Hall–Kier alpha value is -2.14. The van der Waals surface area contributed by atoms with Gasteiger partial charge in [0.1, 0.15) is 5.82 Å². The van der Waals surface area contributed by atoms with Crippen LogP contribution in [-0.2, 0) is 0 Å². The number of nitrogens with zero attached hydrogens (tertiary/aromatic N) is 4. The fourth-order valence-electron chi connectivity index (χ4n) is 5.34. The average molecular weight is 449 g/mol. The first kappa shape index (κ1) is 21.7. The normalized spacial score (nSPS) is 21.7. The molecule has 0 bridgehead atoms. The van der Waals surface area contributed by atoms with E-state index in [0.717, 1.165) is 53.8 Å². The van der Waals surface area contributed by atoms with Gasteiger partial charge in [-0.1, -0.05) is 54.1 Å². The summed E-state index contributed by atoms with van der Waals surface area (Å²) in [5, 5.41) is 1.83. The van der Waals surface area contributed by atoms with E-state index in [1.165, 1.54) is 38.0 Å². The van der Waals surface area contributed by atoms with Gasteiger partial charge in [-0.25, -0.2) is 4.98 Å². The Morgan fingerprint density at radius 2 is 1.75 bits per heavy atom. The molecule has 0 aliphatic carbocycles. The van der Waals surface area contributed by atoms with Crippen molar-refractivity contribution in [3.05, 3.63) is 71.2 Å². The molecular weight excluding hydrogens is 416 g/mol. The molecule has 0 spiro atoms. The SMILES string of the molecule is CC(c1ccccc1)N1CCCC(CN2CCN(c3ccc4cccc(Cl)c4n3)CC2)C1. The first-order valence-corrected chi connectivity index (χ1v) is 12.4. The minimum Gasteiger partial charge on any atom is -0.354 e. The predicted molar refractivity (Wildman–Crippen MR) is 135 cm³/mol. The van der Waals surface area contributed by atoms with Crippen LogP contribution < -0.4 is 4.90 Å². The van der Waals surface area contributed by atoms with Crippen LogP contribution in [-0.4, -0.2) is 60.6 Å². The summed E-state index contributed by atoms with van der Waals surface area (Å²) in [5.74, 6) is 1.81. The van der Waals surface area contributed by atoms with Crippen molar-refractivity contribution in [2.75, 3.05) is 50.7 Å². The van der Waals surface area contributed by atoms with Crippen molar-refractivity contribution >= 4 is 28.3 Å². The van der Waals surface area contributed by atoms with Gasteiger partial charge in [0.15, 0.2) is 0 Å². The largest absolute Gasteiger partial charge is 0.354 e. The second-order valence-corrected chi connectivity index (χ2v) is 9.77. The molecule has 168 valence electrons. The summed E-state index contributed by atoms with van der Waals surface area (Å²) in [7, 11) is 0. The van der Waals surface area contributed by atoms with E-state index in [-0.39, 0.29) is 0 Å². The Labute approximate surface area is 196 Å². The zero-order valence-electron chi connectivity index (χ0n) is 19.0. The summed E-state index contributed by atoms with van der Waals surface area (Å²) in [6, 6.07) is 21.7. The molecule has 2 aliphatic rings. The third-order valence-corrected chi connectivity index (χ3v) is 7.55. The summed E-state index contributed by atoms with van der Waals surface area (Å²) >= 11 is 6.38. The van der Waals surface area contributed by atoms with Crippen LogP contribution in [0.5, 0.6) is 0 Å². The Bertz CT molecular complexity index is 1030. The second-order valence-electron chi connectivity index (χ2n) is 9.36. The van der Waals surface area contributed by atoms with Crippen LogP contribution in [0.1, 0.15) is 31.4 Å². The molecule has 2 saturated heterocycles. The molecule has 3 heterocycles. The van der Waals surface area contributed by atoms with Gasteiger partial charge in [-0.05, 0) is 56.0 Å². The fourth-order valence-corrected chi connectivity index (χ4v) is 5.57. The van der Waals surface area contributed by atoms with Crippen molar-refractivity contribution in [3.63, 3.8) is 0 Å². The quantitative estimate of drug-likeness (QED) is 0.515. The van der Waals surface area contributed by atoms with E-state index in [0.29, 0.717) is 6.04 Å². The molecule has 3 aromatic rings. The number of aromatic nitrogens is 1. The maximum Gasteiger partial charge on any atom is 0.129 e. The number of benzene rings is 2. The van der Waals surface area contributed by atoms with Gasteiger partial charge < -0.3 is 4.90 Å². The summed E-state index contributed by atoms with van der Waals surface area (Å²) in [5.41, 5.74) is 2.34. The van der Waals surface area contributed by atoms with Gasteiger partial charge in [0, 0.05) is 50.7 Å². The number of hydrogen-bond acceptors (Lipinski definition) is 4. The Morgan fingerprint density at radius 3 is 2.56 bits per heavy atom. The molecule has 32 heavy (non-hydrogen) atoms. The maximum absolute atomic E-state index is 6.38. The van der Waals surface area contributed by atoms with Gasteiger partial charge >= 0.3 is 0 Å². The molecule has 4 nitrogen and oxygen atoms in total. The highest BCUT2D eigenvalue weighted by Gasteiger charge is 2.27. The number of rotatable bonds is 5. The molecule has 0 amide bonds. The summed E-state index contributed by atoms with van der Waals surface area (Å²) in [6.45, 7) is 10.3. The van der Waals surface area contributed by atoms with Crippen LogP contribution in [0.4, 0.5) is 5.82 Å². The minimum atomic E-state index is 0.502. The van der Waals surface area contributed by atoms with Crippen LogP contribution in [0.15, 0.2) is 60.7 Å². The monoisotopic (exact) mass is 448 g/mol. The molecule has 0 N–H and O–H groups in total. The highest BCUT2D eigenvalue weighted by Crippen LogP contribution is 2.28. The van der Waals surface area contributed by atoms with E-state index in [4.69, 9.17) is 16.6 Å². The van der Waals surface area contributed by atoms with Crippen molar-refractivity contribution in [2.24, 2.45) is 5.92 Å². The van der Waals surface area contributed by atoms with E-state index in [9.17, 15) is 0 Å². The second kappa shape index (κ2) is 9.78. The highest BCUT2D eigenvalue weighted by molar-refractivity contribution is 6.35. The number of piperazine rings is 1. The molecule has 2 aliphatic heterocycles. The fraction of sp³-hybridized carbons (Fsp3) is 0.444. The van der Waals surface area contributed by atoms with E-state index < -0.39 is 0 Å². The van der Waals surface area contributed by atoms with E-state index in [2.05, 4.69) is 70.2 Å². The van der Waals surface area contributed by atoms with Gasteiger partial charge in [0.25, 0.3) is 0 Å². The van der Waals surface area contributed by atoms with Crippen LogP contribution >= 0.6 is 11.6 Å². The molecule has 1 aromatic heterocycles. The van der Waals surface area contributed by atoms with Gasteiger partial charge in [0.2, 0.25) is 0 Å². The van der Waals surface area contributed by atoms with Gasteiger partial charge in [-0.2, -0.15) is 0 Å². The number of halogens is 1. The Kier molecular flexibility index (Phi) is 6.63. The maximum atomic E-state index is 6.38. The lowest BCUT2D eigenvalue weighted by Crippen LogP contribution is -2.50. The van der Waals surface area contributed by atoms with Crippen molar-refractivity contribution in [1.29, 1.82) is 0 Å². The molecule has 5 rings (SSSR count). The standard InChI is InChI=1S/C27H33ClN4/c1-21(23-8-3-2-4-9-23)32-14-6-7-22(20-32)19-30-15-17-31(18-16-30)26-13-12-24-10-5-11-25(28)27(24)29-26/h2-5,8-13,21-22H,6-7,14-20H2,1H3. The Morgan fingerprint density at radius 1 is 0.938 bits per heavy atom. The third kappa shape index (κ3) is 4.78. The van der Waals surface area contributed by atoms with Crippen LogP contribution in [0.2, 0.25) is 5.02 Å². The van der Waals surface area contributed by atoms with Gasteiger partial charge in [-0.15, -0.1) is 0 Å². The van der Waals surface area contributed by atoms with E-state index in [1.54, 1.807) is 0 Å². The lowest BCUT2D eigenvalue weighted by atomic mass is 9.94. The number of likely N-dealkylation sites (tertiary alicyclic amines) is 1. The molecule has 2 unspecified atom stereocenters. The summed E-state index contributed by atoms with van der Waals surface area (Å²) in [6.07, 6.45) is 2.66. The molecule has 0 radical (unpaired) electrons. The number of hydrogen-bond donors (Lipinski definition) is 0. The molecular formula is C27H33ClN4. The topological polar surface area (TPSA) is 22.6 Å². The van der Waals surface area contributed by atoms with Gasteiger partial charge in [0.05, 0.1) is 10.5 Å². The molecule has 2 atom stereocenters. The van der Waals surface area contributed by atoms with Crippen molar-refractivity contribution in [3.8, 4) is 0 Å². The first-order valence-electron chi connectivity index (χ1n) is 12.0. The van der Waals surface area contributed by atoms with Crippen molar-refractivity contribution in [2.45, 2.75) is 25.8 Å². The number of piperidine rings is 1. The van der Waals surface area contributed by atoms with Gasteiger partial charge in [-0.3, -0.25) is 9.80 Å². The molecule has 2 fully saturated rings. The zero-order chi connectivity index (χ0) is 21.9. The van der Waals surface area contributed by atoms with Crippen LogP contribution in [0.25, 0.3) is 10.9 Å². The van der Waals surface area contributed by atoms with E-state index >= 15 is 0 Å². The lowest BCUT2D eigenvalue weighted by molar-refractivity contribution is 0.102. The summed E-state index contributed by atoms with van der Waals surface area (Å²) in [4.78, 5) is 12.6. The van der Waals surface area contributed by atoms with Crippen molar-refractivity contribution < 1.29 is 0 Å². The number of anilines is 1. The van der Waals surface area contributed by atoms with Crippen LogP contribution in [0.3, 0.4) is 0 Å². The highest BCUT2D eigenvalue weighted by atomic mass is 35.5. The summed E-state index contributed by atoms with van der Waals surface area (Å²) < 4.78 is 0. The van der Waals surface area contributed by atoms with E-state index in [1.807, 2.05) is 12.1 Å².